The fraction of sp³-hybridized carbons (Fsp3) is 0.400. The van der Waals surface area contributed by atoms with Gasteiger partial charge in [0.1, 0.15) is 6.61 Å². The molecule has 1 aromatic carbocycles. The summed E-state index contributed by atoms with van der Waals surface area (Å²) >= 11 is 3.26. The van der Waals surface area contributed by atoms with Crippen LogP contribution in [-0.4, -0.2) is 18.6 Å². The molecule has 82 valence electrons. The molecule has 2 rings (SSSR count). The fourth-order valence-electron chi connectivity index (χ4n) is 1.29. The molecule has 0 saturated heterocycles. The molecule has 0 saturated carbocycles. The van der Waals surface area contributed by atoms with E-state index in [4.69, 9.17) is 9.47 Å². The van der Waals surface area contributed by atoms with E-state index in [2.05, 4.69) is 15.9 Å². The van der Waals surface area contributed by atoms with Crippen LogP contribution >= 0.6 is 15.9 Å². The maximum Gasteiger partial charge on any atom is 0.284 e. The van der Waals surface area contributed by atoms with Gasteiger partial charge in [-0.3, -0.25) is 0 Å². The highest BCUT2D eigenvalue weighted by Crippen LogP contribution is 2.37. The van der Waals surface area contributed by atoms with E-state index in [1.165, 1.54) is 0 Å². The molecule has 1 aliphatic rings. The van der Waals surface area contributed by atoms with Crippen molar-refractivity contribution in [2.45, 2.75) is 19.0 Å². The Kier molecular flexibility index (Phi) is 2.58. The highest BCUT2D eigenvalue weighted by atomic mass is 79.9. The van der Waals surface area contributed by atoms with Crippen LogP contribution in [0.3, 0.4) is 0 Å². The van der Waals surface area contributed by atoms with Crippen LogP contribution in [0, 0.1) is 0 Å². The van der Waals surface area contributed by atoms with Gasteiger partial charge in [-0.1, -0.05) is 15.9 Å². The van der Waals surface area contributed by atoms with Crippen molar-refractivity contribution < 1.29 is 18.3 Å². The van der Waals surface area contributed by atoms with Crippen LogP contribution in [0.2, 0.25) is 0 Å². The number of fused-ring (bicyclic) bond motifs is 1. The lowest BCUT2D eigenvalue weighted by atomic mass is 10.2. The first kappa shape index (κ1) is 10.7. The summed E-state index contributed by atoms with van der Waals surface area (Å²) in [5.74, 6) is -2.05. The van der Waals surface area contributed by atoms with Crippen molar-refractivity contribution in [1.82, 2.24) is 0 Å². The Bertz CT molecular complexity index is 376. The molecule has 1 aromatic rings. The van der Waals surface area contributed by atoms with Crippen molar-refractivity contribution in [2.24, 2.45) is 0 Å². The van der Waals surface area contributed by atoms with Crippen LogP contribution in [0.15, 0.2) is 22.7 Å². The van der Waals surface area contributed by atoms with Gasteiger partial charge in [-0.15, -0.1) is 0 Å². The van der Waals surface area contributed by atoms with E-state index >= 15 is 0 Å². The summed E-state index contributed by atoms with van der Waals surface area (Å²) in [6.07, 6.45) is -1.22. The predicted octanol–water partition coefficient (Wildman–Crippen LogP) is 3.24. The summed E-state index contributed by atoms with van der Waals surface area (Å²) in [6, 6.07) is 5.02. The second-order valence-corrected chi connectivity index (χ2v) is 4.38. The van der Waals surface area contributed by atoms with Gasteiger partial charge in [-0.05, 0) is 18.2 Å². The number of alkyl halides is 2. The largest absolute Gasteiger partial charge is 0.486 e. The van der Waals surface area contributed by atoms with Crippen molar-refractivity contribution in [2.75, 3.05) is 6.61 Å². The van der Waals surface area contributed by atoms with E-state index in [0.717, 1.165) is 11.4 Å². The molecular formula is C10H9BrF2O2. The summed E-state index contributed by atoms with van der Waals surface area (Å²) in [6.45, 7) is 0.692. The number of rotatable bonds is 1. The molecule has 1 atom stereocenters. The third-order valence-electron chi connectivity index (χ3n) is 2.13. The second kappa shape index (κ2) is 3.63. The number of ether oxygens (including phenoxy) is 2. The van der Waals surface area contributed by atoms with Gasteiger partial charge in [0.2, 0.25) is 0 Å². The Morgan fingerprint density at radius 3 is 2.80 bits per heavy atom. The third-order valence-corrected chi connectivity index (χ3v) is 2.62. The van der Waals surface area contributed by atoms with Crippen molar-refractivity contribution in [3.05, 3.63) is 22.7 Å². The van der Waals surface area contributed by atoms with Gasteiger partial charge in [0.25, 0.3) is 5.92 Å². The molecule has 0 radical (unpaired) electrons. The van der Waals surface area contributed by atoms with Gasteiger partial charge in [-0.25, -0.2) is 8.78 Å². The molecule has 5 heteroatoms. The fourth-order valence-corrected chi connectivity index (χ4v) is 1.63. The lowest BCUT2D eigenvalue weighted by molar-refractivity contribution is -0.105. The molecule has 0 fully saturated rings. The average molecular weight is 279 g/mol. The van der Waals surface area contributed by atoms with Crippen LogP contribution in [0.5, 0.6) is 11.5 Å². The Morgan fingerprint density at radius 2 is 2.13 bits per heavy atom. The van der Waals surface area contributed by atoms with Crippen molar-refractivity contribution in [3.63, 3.8) is 0 Å². The Labute approximate surface area is 94.3 Å². The molecule has 0 amide bonds. The maximum atomic E-state index is 13.0. The van der Waals surface area contributed by atoms with Crippen LogP contribution in [0.1, 0.15) is 6.92 Å². The molecule has 1 heterocycles. The van der Waals surface area contributed by atoms with E-state index in [0.29, 0.717) is 11.5 Å². The van der Waals surface area contributed by atoms with Gasteiger partial charge in [0.15, 0.2) is 17.6 Å². The van der Waals surface area contributed by atoms with Crippen molar-refractivity contribution in [1.29, 1.82) is 0 Å². The molecule has 1 unspecified atom stereocenters. The van der Waals surface area contributed by atoms with Gasteiger partial charge in [0, 0.05) is 11.4 Å². The number of hydrogen-bond donors (Lipinski definition) is 0. The van der Waals surface area contributed by atoms with Gasteiger partial charge >= 0.3 is 0 Å². The monoisotopic (exact) mass is 278 g/mol. The average Bonchev–Trinajstić information content (AvgIpc) is 2.15. The van der Waals surface area contributed by atoms with Crippen LogP contribution in [0.4, 0.5) is 8.78 Å². The SMILES string of the molecule is CC(F)(F)C1COc2cc(Br)ccc2O1. The quantitative estimate of drug-likeness (QED) is 0.785. The van der Waals surface area contributed by atoms with Crippen molar-refractivity contribution >= 4 is 15.9 Å². The molecular weight excluding hydrogens is 270 g/mol. The van der Waals surface area contributed by atoms with Crippen molar-refractivity contribution in [3.8, 4) is 11.5 Å². The zero-order chi connectivity index (χ0) is 11.1. The number of hydrogen-bond acceptors (Lipinski definition) is 2. The molecule has 2 nitrogen and oxygen atoms in total. The Morgan fingerprint density at radius 1 is 1.40 bits per heavy atom. The molecule has 0 aromatic heterocycles. The first-order valence-corrected chi connectivity index (χ1v) is 5.23. The minimum atomic E-state index is -2.90. The summed E-state index contributed by atoms with van der Waals surface area (Å²) in [5, 5.41) is 0. The van der Waals surface area contributed by atoms with E-state index in [9.17, 15) is 8.78 Å². The van der Waals surface area contributed by atoms with Crippen LogP contribution < -0.4 is 9.47 Å². The lowest BCUT2D eigenvalue weighted by Gasteiger charge is -2.30. The predicted molar refractivity (Wildman–Crippen MR) is 54.7 cm³/mol. The first-order chi connectivity index (χ1) is 6.97. The smallest absolute Gasteiger partial charge is 0.284 e. The molecule has 0 spiro atoms. The standard InChI is InChI=1S/C10H9BrF2O2/c1-10(12,13)9-5-14-8-4-6(11)2-3-7(8)15-9/h2-4,9H,5H2,1H3. The first-order valence-electron chi connectivity index (χ1n) is 4.43. The summed E-state index contributed by atoms with van der Waals surface area (Å²) < 4.78 is 37.1. The maximum absolute atomic E-state index is 13.0. The Hall–Kier alpha value is -0.840. The molecule has 0 aliphatic carbocycles. The van der Waals surface area contributed by atoms with Gasteiger partial charge in [-0.2, -0.15) is 0 Å². The molecule has 15 heavy (non-hydrogen) atoms. The van der Waals surface area contributed by atoms with Crippen LogP contribution in [-0.2, 0) is 0 Å². The summed E-state index contributed by atoms with van der Waals surface area (Å²) in [4.78, 5) is 0. The normalized spacial score (nSPS) is 20.1. The zero-order valence-electron chi connectivity index (χ0n) is 7.97. The Balaban J connectivity index is 2.24. The number of halogens is 3. The lowest BCUT2D eigenvalue weighted by Crippen LogP contribution is -2.42. The molecule has 1 aliphatic heterocycles. The van der Waals surface area contributed by atoms with Gasteiger partial charge in [0.05, 0.1) is 0 Å². The zero-order valence-corrected chi connectivity index (χ0v) is 9.55. The molecule has 0 bridgehead atoms. The topological polar surface area (TPSA) is 18.5 Å². The summed E-state index contributed by atoms with van der Waals surface area (Å²) in [5.41, 5.74) is 0. The van der Waals surface area contributed by atoms with Crippen LogP contribution in [0.25, 0.3) is 0 Å². The molecule has 0 N–H and O–H groups in total. The summed E-state index contributed by atoms with van der Waals surface area (Å²) in [7, 11) is 0. The number of benzene rings is 1. The van der Waals surface area contributed by atoms with E-state index in [1.54, 1.807) is 18.2 Å². The third kappa shape index (κ3) is 2.22. The minimum Gasteiger partial charge on any atom is -0.486 e. The van der Waals surface area contributed by atoms with E-state index in [1.807, 2.05) is 0 Å². The minimum absolute atomic E-state index is 0.132. The highest BCUT2D eigenvalue weighted by molar-refractivity contribution is 9.10. The van der Waals surface area contributed by atoms with E-state index in [-0.39, 0.29) is 6.61 Å². The van der Waals surface area contributed by atoms with Gasteiger partial charge < -0.3 is 9.47 Å². The second-order valence-electron chi connectivity index (χ2n) is 3.46. The highest BCUT2D eigenvalue weighted by Gasteiger charge is 2.39. The van der Waals surface area contributed by atoms with E-state index < -0.39 is 12.0 Å².